The van der Waals surface area contributed by atoms with Crippen molar-refractivity contribution in [2.45, 2.75) is 20.3 Å². The van der Waals surface area contributed by atoms with Gasteiger partial charge in [-0.15, -0.1) is 0 Å². The fourth-order valence-corrected chi connectivity index (χ4v) is 2.04. The standard InChI is InChI=1S/C12H13BrO3/c1-7-3-4-9(10(13)5-7)11(14)6-8(2)12(15)16/h3-5,8H,6H2,1-2H3,(H,15,16). The summed E-state index contributed by atoms with van der Waals surface area (Å²) in [7, 11) is 0. The maximum Gasteiger partial charge on any atom is 0.306 e. The molecule has 0 aliphatic carbocycles. The molecule has 1 N–H and O–H groups in total. The van der Waals surface area contributed by atoms with Crippen molar-refractivity contribution in [3.63, 3.8) is 0 Å². The Bertz CT molecular complexity index is 426. The van der Waals surface area contributed by atoms with Crippen LogP contribution >= 0.6 is 15.9 Å². The van der Waals surface area contributed by atoms with Crippen molar-refractivity contribution in [1.82, 2.24) is 0 Å². The molecular weight excluding hydrogens is 272 g/mol. The van der Waals surface area contributed by atoms with Gasteiger partial charge in [0.25, 0.3) is 0 Å². The van der Waals surface area contributed by atoms with Crippen LogP contribution in [-0.4, -0.2) is 16.9 Å². The fourth-order valence-electron chi connectivity index (χ4n) is 1.32. The highest BCUT2D eigenvalue weighted by molar-refractivity contribution is 9.10. The van der Waals surface area contributed by atoms with Crippen LogP contribution in [0.5, 0.6) is 0 Å². The molecule has 86 valence electrons. The van der Waals surface area contributed by atoms with Gasteiger partial charge in [0.15, 0.2) is 5.78 Å². The first kappa shape index (κ1) is 12.9. The Labute approximate surface area is 103 Å². The number of carbonyl (C=O) groups is 2. The summed E-state index contributed by atoms with van der Waals surface area (Å²) in [4.78, 5) is 22.4. The third kappa shape index (κ3) is 3.17. The van der Waals surface area contributed by atoms with Crippen LogP contribution in [0.3, 0.4) is 0 Å². The predicted octanol–water partition coefficient (Wildman–Crippen LogP) is 3.05. The summed E-state index contributed by atoms with van der Waals surface area (Å²) in [5, 5.41) is 8.73. The van der Waals surface area contributed by atoms with Crippen LogP contribution in [0, 0.1) is 12.8 Å². The van der Waals surface area contributed by atoms with Crippen molar-refractivity contribution < 1.29 is 14.7 Å². The van der Waals surface area contributed by atoms with Gasteiger partial charge in [0.2, 0.25) is 0 Å². The van der Waals surface area contributed by atoms with E-state index in [1.165, 1.54) is 6.92 Å². The molecule has 0 spiro atoms. The highest BCUT2D eigenvalue weighted by Crippen LogP contribution is 2.21. The summed E-state index contributed by atoms with van der Waals surface area (Å²) in [6, 6.07) is 5.40. The lowest BCUT2D eigenvalue weighted by Gasteiger charge is -2.07. The van der Waals surface area contributed by atoms with Crippen molar-refractivity contribution in [3.05, 3.63) is 33.8 Å². The number of aliphatic carboxylic acids is 1. The molecular formula is C12H13BrO3. The molecule has 1 rings (SSSR count). The van der Waals surface area contributed by atoms with Crippen LogP contribution in [0.25, 0.3) is 0 Å². The summed E-state index contributed by atoms with van der Waals surface area (Å²) < 4.78 is 0.718. The number of hydrogen-bond donors (Lipinski definition) is 1. The lowest BCUT2D eigenvalue weighted by atomic mass is 9.99. The smallest absolute Gasteiger partial charge is 0.306 e. The zero-order valence-corrected chi connectivity index (χ0v) is 10.7. The number of ketones is 1. The van der Waals surface area contributed by atoms with Crippen molar-refractivity contribution in [2.24, 2.45) is 5.92 Å². The highest BCUT2D eigenvalue weighted by Gasteiger charge is 2.18. The van der Waals surface area contributed by atoms with Crippen LogP contribution in [0.15, 0.2) is 22.7 Å². The summed E-state index contributed by atoms with van der Waals surface area (Å²) in [6.45, 7) is 3.46. The molecule has 0 fully saturated rings. The van der Waals surface area contributed by atoms with Crippen LogP contribution in [0.2, 0.25) is 0 Å². The molecule has 1 atom stereocenters. The predicted molar refractivity (Wildman–Crippen MR) is 64.6 cm³/mol. The van der Waals surface area contributed by atoms with E-state index in [1.54, 1.807) is 6.07 Å². The SMILES string of the molecule is Cc1ccc(C(=O)CC(C)C(=O)O)c(Br)c1. The number of hydrogen-bond acceptors (Lipinski definition) is 2. The highest BCUT2D eigenvalue weighted by atomic mass is 79.9. The Kier molecular flexibility index (Phi) is 4.24. The zero-order valence-electron chi connectivity index (χ0n) is 9.16. The van der Waals surface area contributed by atoms with Gasteiger partial charge in [0.05, 0.1) is 5.92 Å². The first-order valence-electron chi connectivity index (χ1n) is 4.94. The van der Waals surface area contributed by atoms with Gasteiger partial charge in [-0.2, -0.15) is 0 Å². The fraction of sp³-hybridized carbons (Fsp3) is 0.333. The normalized spacial score (nSPS) is 12.2. The summed E-state index contributed by atoms with van der Waals surface area (Å²) in [6.07, 6.45) is 0.0248. The minimum atomic E-state index is -0.948. The molecule has 3 nitrogen and oxygen atoms in total. The van der Waals surface area contributed by atoms with Crippen molar-refractivity contribution in [1.29, 1.82) is 0 Å². The lowest BCUT2D eigenvalue weighted by molar-refractivity contribution is -0.141. The van der Waals surface area contributed by atoms with Gasteiger partial charge in [-0.05, 0) is 18.6 Å². The van der Waals surface area contributed by atoms with E-state index in [2.05, 4.69) is 15.9 Å². The van der Waals surface area contributed by atoms with E-state index >= 15 is 0 Å². The molecule has 1 aromatic carbocycles. The Morgan fingerprint density at radius 1 is 1.44 bits per heavy atom. The maximum atomic E-state index is 11.8. The van der Waals surface area contributed by atoms with E-state index in [4.69, 9.17) is 5.11 Å². The summed E-state index contributed by atoms with van der Waals surface area (Å²) in [5.74, 6) is -1.75. The van der Waals surface area contributed by atoms with Crippen molar-refractivity contribution in [2.75, 3.05) is 0 Å². The number of carboxylic acid groups (broad SMARTS) is 1. The Balaban J connectivity index is 2.85. The van der Waals surface area contributed by atoms with Crippen LogP contribution < -0.4 is 0 Å². The van der Waals surface area contributed by atoms with Gasteiger partial charge < -0.3 is 5.11 Å². The number of halogens is 1. The zero-order chi connectivity index (χ0) is 12.3. The van der Waals surface area contributed by atoms with E-state index in [-0.39, 0.29) is 12.2 Å². The molecule has 1 unspecified atom stereocenters. The van der Waals surface area contributed by atoms with Gasteiger partial charge in [-0.1, -0.05) is 35.0 Å². The van der Waals surface area contributed by atoms with Gasteiger partial charge >= 0.3 is 5.97 Å². The van der Waals surface area contributed by atoms with Crippen molar-refractivity contribution >= 4 is 27.7 Å². The maximum absolute atomic E-state index is 11.8. The third-order valence-corrected chi connectivity index (χ3v) is 2.99. The van der Waals surface area contributed by atoms with Gasteiger partial charge in [-0.3, -0.25) is 9.59 Å². The molecule has 0 amide bonds. The molecule has 0 bridgehead atoms. The van der Waals surface area contributed by atoms with Gasteiger partial charge in [0.1, 0.15) is 0 Å². The number of carbonyl (C=O) groups excluding carboxylic acids is 1. The van der Waals surface area contributed by atoms with Crippen LogP contribution in [0.1, 0.15) is 29.3 Å². The average Bonchev–Trinajstić information content (AvgIpc) is 2.16. The monoisotopic (exact) mass is 284 g/mol. The van der Waals surface area contributed by atoms with E-state index in [9.17, 15) is 9.59 Å². The average molecular weight is 285 g/mol. The Hall–Kier alpha value is -1.16. The first-order chi connectivity index (χ1) is 7.41. The van der Waals surface area contributed by atoms with Crippen LogP contribution in [-0.2, 0) is 4.79 Å². The lowest BCUT2D eigenvalue weighted by Crippen LogP contribution is -2.15. The molecule has 0 radical (unpaired) electrons. The molecule has 4 heteroatoms. The Morgan fingerprint density at radius 2 is 2.06 bits per heavy atom. The van der Waals surface area contributed by atoms with Gasteiger partial charge in [0, 0.05) is 16.5 Å². The first-order valence-corrected chi connectivity index (χ1v) is 5.73. The quantitative estimate of drug-likeness (QED) is 0.865. The number of benzene rings is 1. The van der Waals surface area contributed by atoms with E-state index in [0.717, 1.165) is 10.0 Å². The van der Waals surface area contributed by atoms with E-state index in [0.29, 0.717) is 5.56 Å². The molecule has 0 saturated carbocycles. The molecule has 16 heavy (non-hydrogen) atoms. The summed E-state index contributed by atoms with van der Waals surface area (Å²) in [5.41, 5.74) is 1.59. The van der Waals surface area contributed by atoms with Crippen LogP contribution in [0.4, 0.5) is 0 Å². The second-order valence-electron chi connectivity index (χ2n) is 3.85. The molecule has 0 saturated heterocycles. The third-order valence-electron chi connectivity index (χ3n) is 2.34. The molecule has 0 aromatic heterocycles. The minimum Gasteiger partial charge on any atom is -0.481 e. The second kappa shape index (κ2) is 5.25. The Morgan fingerprint density at radius 3 is 2.56 bits per heavy atom. The van der Waals surface area contributed by atoms with Crippen molar-refractivity contribution in [3.8, 4) is 0 Å². The van der Waals surface area contributed by atoms with Gasteiger partial charge in [-0.25, -0.2) is 0 Å². The number of rotatable bonds is 4. The molecule has 0 heterocycles. The number of Topliss-reactive ketones (excluding diaryl/α,β-unsaturated/α-hetero) is 1. The number of aryl methyl sites for hydroxylation is 1. The van der Waals surface area contributed by atoms with E-state index in [1.807, 2.05) is 19.1 Å². The summed E-state index contributed by atoms with van der Waals surface area (Å²) >= 11 is 3.31. The van der Waals surface area contributed by atoms with E-state index < -0.39 is 11.9 Å². The molecule has 0 aliphatic rings. The number of carboxylic acids is 1. The largest absolute Gasteiger partial charge is 0.481 e. The topological polar surface area (TPSA) is 54.4 Å². The molecule has 0 aliphatic heterocycles. The minimum absolute atomic E-state index is 0.0248. The molecule has 1 aromatic rings. The second-order valence-corrected chi connectivity index (χ2v) is 4.70.